The molecule has 1 saturated carbocycles. The maximum Gasteiger partial charge on any atom is 0.435 e. The van der Waals surface area contributed by atoms with Crippen LogP contribution in [0.15, 0.2) is 42.6 Å². The Bertz CT molecular complexity index is 1150. The number of carbonyl (C=O) groups excluding carboxylic acids is 2. The number of carbonyl (C=O) groups is 2. The second-order valence-corrected chi connectivity index (χ2v) is 7.62. The molecule has 0 bridgehead atoms. The molecule has 174 valence electrons. The Kier molecular flexibility index (Phi) is 6.21. The van der Waals surface area contributed by atoms with Crippen LogP contribution >= 0.6 is 0 Å². The Morgan fingerprint density at radius 3 is 2.58 bits per heavy atom. The van der Waals surface area contributed by atoms with Crippen LogP contribution in [-0.4, -0.2) is 38.0 Å². The van der Waals surface area contributed by atoms with Crippen LogP contribution < -0.4 is 5.32 Å². The summed E-state index contributed by atoms with van der Waals surface area (Å²) in [5.41, 5.74) is 0.209. The normalized spacial score (nSPS) is 13.7. The van der Waals surface area contributed by atoms with Crippen molar-refractivity contribution >= 4 is 17.7 Å². The lowest BCUT2D eigenvalue weighted by molar-refractivity contribution is -0.141. The Morgan fingerprint density at radius 1 is 1.21 bits per heavy atom. The first kappa shape index (κ1) is 22.6. The number of aryl methyl sites for hydroxylation is 1. The Hall–Kier alpha value is -3.63. The number of benzene rings is 1. The fourth-order valence-electron chi connectivity index (χ4n) is 3.45. The highest BCUT2D eigenvalue weighted by Gasteiger charge is 2.37. The van der Waals surface area contributed by atoms with Crippen LogP contribution in [0.25, 0.3) is 5.69 Å². The number of nitrogens with zero attached hydrogens (tertiary/aromatic N) is 4. The molecule has 0 unspecified atom stereocenters. The van der Waals surface area contributed by atoms with Gasteiger partial charge in [0.1, 0.15) is 5.56 Å². The number of para-hydroxylation sites is 1. The predicted molar refractivity (Wildman–Crippen MR) is 112 cm³/mol. The molecule has 33 heavy (non-hydrogen) atoms. The van der Waals surface area contributed by atoms with Gasteiger partial charge in [-0.05, 0) is 38.0 Å². The minimum Gasteiger partial charge on any atom is -0.462 e. The number of rotatable bonds is 8. The summed E-state index contributed by atoms with van der Waals surface area (Å²) in [5.74, 6) is -0.980. The van der Waals surface area contributed by atoms with Crippen molar-refractivity contribution in [1.82, 2.24) is 19.6 Å². The van der Waals surface area contributed by atoms with E-state index in [2.05, 4.69) is 15.5 Å². The molecule has 0 saturated heterocycles. The molecule has 1 aliphatic carbocycles. The quantitative estimate of drug-likeness (QED) is 0.509. The molecule has 1 amide bonds. The summed E-state index contributed by atoms with van der Waals surface area (Å²) in [4.78, 5) is 25.1. The van der Waals surface area contributed by atoms with E-state index in [1.165, 1.54) is 15.6 Å². The molecule has 2 heterocycles. The molecular formula is C22H22F3N5O3. The summed E-state index contributed by atoms with van der Waals surface area (Å²) >= 11 is 0. The first-order valence-electron chi connectivity index (χ1n) is 10.5. The number of aromatic nitrogens is 4. The predicted octanol–water partition coefficient (Wildman–Crippen LogP) is 4.17. The molecule has 0 atom stereocenters. The van der Waals surface area contributed by atoms with Gasteiger partial charge in [-0.15, -0.1) is 0 Å². The van der Waals surface area contributed by atoms with E-state index in [1.54, 1.807) is 31.2 Å². The lowest BCUT2D eigenvalue weighted by Crippen LogP contribution is -2.20. The number of esters is 1. The maximum absolute atomic E-state index is 13.1. The SMILES string of the molecule is CCOC(=O)c1cnn(-c2ccccc2)c1NC(=O)CCn1nc(C(F)(F)F)cc1C1CC1. The zero-order valence-corrected chi connectivity index (χ0v) is 17.8. The molecule has 1 fully saturated rings. The van der Waals surface area contributed by atoms with Crippen molar-refractivity contribution in [2.24, 2.45) is 0 Å². The number of hydrogen-bond acceptors (Lipinski definition) is 5. The fraction of sp³-hybridized carbons (Fsp3) is 0.364. The molecule has 0 spiro atoms. The van der Waals surface area contributed by atoms with E-state index in [-0.39, 0.29) is 36.9 Å². The summed E-state index contributed by atoms with van der Waals surface area (Å²) in [6, 6.07) is 9.93. The molecule has 1 N–H and O–H groups in total. The standard InChI is InChI=1S/C22H22F3N5O3/c1-2-33-21(32)16-13-26-30(15-6-4-3-5-7-15)20(16)27-19(31)10-11-29-17(14-8-9-14)12-18(28-29)22(23,24)25/h3-7,12-14H,2,8-11H2,1H3,(H,27,31). The summed E-state index contributed by atoms with van der Waals surface area (Å²) < 4.78 is 47.0. The van der Waals surface area contributed by atoms with Gasteiger partial charge in [0.25, 0.3) is 0 Å². The fourth-order valence-corrected chi connectivity index (χ4v) is 3.45. The number of halogens is 3. The van der Waals surface area contributed by atoms with E-state index in [0.717, 1.165) is 18.9 Å². The van der Waals surface area contributed by atoms with Gasteiger partial charge in [-0.2, -0.15) is 23.4 Å². The number of hydrogen-bond donors (Lipinski definition) is 1. The zero-order valence-electron chi connectivity index (χ0n) is 17.8. The Balaban J connectivity index is 1.53. The highest BCUT2D eigenvalue weighted by Crippen LogP contribution is 2.42. The van der Waals surface area contributed by atoms with Crippen LogP contribution in [0, 0.1) is 0 Å². The zero-order chi connectivity index (χ0) is 23.6. The van der Waals surface area contributed by atoms with Crippen molar-refractivity contribution in [3.8, 4) is 5.69 Å². The molecule has 4 rings (SSSR count). The van der Waals surface area contributed by atoms with E-state index < -0.39 is 23.7 Å². The van der Waals surface area contributed by atoms with Crippen LogP contribution in [-0.2, 0) is 22.3 Å². The molecule has 0 radical (unpaired) electrons. The van der Waals surface area contributed by atoms with Crippen molar-refractivity contribution in [1.29, 1.82) is 0 Å². The third-order valence-corrected chi connectivity index (χ3v) is 5.17. The second kappa shape index (κ2) is 9.08. The highest BCUT2D eigenvalue weighted by molar-refractivity contribution is 6.00. The van der Waals surface area contributed by atoms with Crippen molar-refractivity contribution in [2.75, 3.05) is 11.9 Å². The minimum atomic E-state index is -4.55. The van der Waals surface area contributed by atoms with Gasteiger partial charge < -0.3 is 10.1 Å². The number of alkyl halides is 3. The number of nitrogens with one attached hydrogen (secondary N) is 1. The van der Waals surface area contributed by atoms with Gasteiger partial charge >= 0.3 is 12.1 Å². The summed E-state index contributed by atoms with van der Waals surface area (Å²) in [6.45, 7) is 1.78. The van der Waals surface area contributed by atoms with Crippen LogP contribution in [0.2, 0.25) is 0 Å². The van der Waals surface area contributed by atoms with Gasteiger partial charge in [0.15, 0.2) is 11.5 Å². The third kappa shape index (κ3) is 5.07. The van der Waals surface area contributed by atoms with Gasteiger partial charge in [0.2, 0.25) is 5.91 Å². The maximum atomic E-state index is 13.1. The Labute approximate surface area is 187 Å². The third-order valence-electron chi connectivity index (χ3n) is 5.17. The molecule has 1 aliphatic rings. The van der Waals surface area contributed by atoms with Crippen LogP contribution in [0.5, 0.6) is 0 Å². The first-order chi connectivity index (χ1) is 15.8. The van der Waals surface area contributed by atoms with E-state index in [1.807, 2.05) is 6.07 Å². The molecule has 11 heteroatoms. The molecule has 3 aromatic rings. The monoisotopic (exact) mass is 461 g/mol. The van der Waals surface area contributed by atoms with Crippen molar-refractivity contribution in [2.45, 2.75) is 44.8 Å². The van der Waals surface area contributed by atoms with Crippen LogP contribution in [0.3, 0.4) is 0 Å². The molecule has 0 aliphatic heterocycles. The van der Waals surface area contributed by atoms with E-state index >= 15 is 0 Å². The van der Waals surface area contributed by atoms with Gasteiger partial charge in [-0.25, -0.2) is 9.48 Å². The topological polar surface area (TPSA) is 91.0 Å². The average molecular weight is 461 g/mol. The number of anilines is 1. The summed E-state index contributed by atoms with van der Waals surface area (Å²) in [5, 5.41) is 10.5. The highest BCUT2D eigenvalue weighted by atomic mass is 19.4. The minimum absolute atomic E-state index is 0.0258. The number of ether oxygens (including phenoxy) is 1. The molecule has 1 aromatic carbocycles. The van der Waals surface area contributed by atoms with Gasteiger partial charge in [-0.1, -0.05) is 18.2 Å². The molecule has 2 aromatic heterocycles. The Morgan fingerprint density at radius 2 is 1.94 bits per heavy atom. The molecule has 8 nitrogen and oxygen atoms in total. The summed E-state index contributed by atoms with van der Waals surface area (Å²) in [7, 11) is 0. The van der Waals surface area contributed by atoms with Gasteiger partial charge in [-0.3, -0.25) is 9.48 Å². The van der Waals surface area contributed by atoms with E-state index in [0.29, 0.717) is 11.4 Å². The average Bonchev–Trinajstić information content (AvgIpc) is 3.38. The van der Waals surface area contributed by atoms with Gasteiger partial charge in [0.05, 0.1) is 18.5 Å². The van der Waals surface area contributed by atoms with Crippen molar-refractivity contribution in [3.05, 3.63) is 59.5 Å². The molecular weight excluding hydrogens is 439 g/mol. The van der Waals surface area contributed by atoms with Crippen molar-refractivity contribution in [3.63, 3.8) is 0 Å². The lowest BCUT2D eigenvalue weighted by Gasteiger charge is -2.12. The largest absolute Gasteiger partial charge is 0.462 e. The van der Waals surface area contributed by atoms with Crippen molar-refractivity contribution < 1.29 is 27.5 Å². The lowest BCUT2D eigenvalue weighted by atomic mass is 10.2. The first-order valence-corrected chi connectivity index (χ1v) is 10.5. The second-order valence-electron chi connectivity index (χ2n) is 7.62. The van der Waals surface area contributed by atoms with E-state index in [9.17, 15) is 22.8 Å². The van der Waals surface area contributed by atoms with Crippen LogP contribution in [0.4, 0.5) is 19.0 Å². The smallest absolute Gasteiger partial charge is 0.435 e. The van der Waals surface area contributed by atoms with Gasteiger partial charge in [0, 0.05) is 24.6 Å². The summed E-state index contributed by atoms with van der Waals surface area (Å²) in [6.07, 6.45) is -1.79. The van der Waals surface area contributed by atoms with Crippen LogP contribution in [0.1, 0.15) is 53.8 Å². The number of amides is 1. The van der Waals surface area contributed by atoms with E-state index in [4.69, 9.17) is 4.74 Å².